The van der Waals surface area contributed by atoms with Gasteiger partial charge in [0.05, 0.1) is 5.56 Å². The Bertz CT molecular complexity index is 724. The largest absolute Gasteiger partial charge is 0.381 e. The van der Waals surface area contributed by atoms with Crippen LogP contribution in [0.5, 0.6) is 0 Å². The third-order valence-corrected chi connectivity index (χ3v) is 4.72. The van der Waals surface area contributed by atoms with Gasteiger partial charge in [0.2, 0.25) is 0 Å². The van der Waals surface area contributed by atoms with Crippen LogP contribution in [0.1, 0.15) is 15.9 Å². The molecule has 1 aromatic carbocycles. The number of pyridine rings is 1. The Morgan fingerprint density at radius 1 is 1.12 bits per heavy atom. The van der Waals surface area contributed by atoms with Crippen LogP contribution < -0.4 is 5.32 Å². The Labute approximate surface area is 155 Å². The number of carbonyl (C=O) groups excluding carboxylic acids is 1. The van der Waals surface area contributed by atoms with Crippen LogP contribution in [0.4, 0.5) is 5.69 Å². The summed E-state index contributed by atoms with van der Waals surface area (Å²) < 4.78 is 0. The molecule has 1 fully saturated rings. The Balaban J connectivity index is 1.53. The number of nitrogens with one attached hydrogen (secondary N) is 1. The van der Waals surface area contributed by atoms with E-state index >= 15 is 0 Å². The average molecular weight is 350 g/mol. The molecule has 0 unspecified atom stereocenters. The summed E-state index contributed by atoms with van der Waals surface area (Å²) in [6.45, 7) is 8.75. The summed E-state index contributed by atoms with van der Waals surface area (Å²) in [5.74, 6) is 0.103. The molecule has 3 rings (SSSR count). The molecule has 1 amide bonds. The van der Waals surface area contributed by atoms with Crippen LogP contribution in [0.15, 0.2) is 61.4 Å². The van der Waals surface area contributed by atoms with E-state index in [4.69, 9.17) is 0 Å². The highest BCUT2D eigenvalue weighted by Crippen LogP contribution is 2.18. The van der Waals surface area contributed by atoms with Crippen molar-refractivity contribution in [3.8, 4) is 0 Å². The van der Waals surface area contributed by atoms with E-state index in [1.54, 1.807) is 6.08 Å². The topological polar surface area (TPSA) is 48.5 Å². The summed E-state index contributed by atoms with van der Waals surface area (Å²) >= 11 is 0. The second-order valence-corrected chi connectivity index (χ2v) is 6.45. The number of carbonyl (C=O) groups is 1. The maximum atomic E-state index is 12.9. The van der Waals surface area contributed by atoms with E-state index in [0.29, 0.717) is 6.54 Å². The van der Waals surface area contributed by atoms with Gasteiger partial charge in [-0.3, -0.25) is 14.7 Å². The van der Waals surface area contributed by atoms with Gasteiger partial charge in [-0.15, -0.1) is 6.58 Å². The number of para-hydroxylation sites is 1. The number of hydrogen-bond donors (Lipinski definition) is 1. The summed E-state index contributed by atoms with van der Waals surface area (Å²) in [4.78, 5) is 21.3. The smallest absolute Gasteiger partial charge is 0.256 e. The van der Waals surface area contributed by atoms with Gasteiger partial charge in [-0.2, -0.15) is 0 Å². The van der Waals surface area contributed by atoms with Crippen LogP contribution >= 0.6 is 0 Å². The van der Waals surface area contributed by atoms with E-state index < -0.39 is 0 Å². The van der Waals surface area contributed by atoms with Crippen molar-refractivity contribution in [3.63, 3.8) is 0 Å². The molecule has 0 spiro atoms. The minimum atomic E-state index is 0.103. The minimum absolute atomic E-state index is 0.103. The van der Waals surface area contributed by atoms with Gasteiger partial charge in [-0.05, 0) is 36.2 Å². The van der Waals surface area contributed by atoms with Gasteiger partial charge in [0, 0.05) is 57.3 Å². The highest BCUT2D eigenvalue weighted by atomic mass is 16.2. The quantitative estimate of drug-likeness (QED) is 0.780. The minimum Gasteiger partial charge on any atom is -0.381 e. The molecular formula is C21H26N4O. The maximum Gasteiger partial charge on any atom is 0.256 e. The van der Waals surface area contributed by atoms with E-state index in [1.807, 2.05) is 41.6 Å². The molecule has 0 radical (unpaired) electrons. The van der Waals surface area contributed by atoms with Crippen LogP contribution in [-0.4, -0.2) is 60.0 Å². The summed E-state index contributed by atoms with van der Waals surface area (Å²) in [7, 11) is 0. The molecule has 2 aromatic rings. The summed E-state index contributed by atoms with van der Waals surface area (Å²) in [6, 6.07) is 11.8. The van der Waals surface area contributed by atoms with Gasteiger partial charge in [-0.25, -0.2) is 0 Å². The van der Waals surface area contributed by atoms with Crippen LogP contribution in [0.3, 0.4) is 0 Å². The Morgan fingerprint density at radius 2 is 1.85 bits per heavy atom. The molecule has 2 heterocycles. The zero-order chi connectivity index (χ0) is 18.2. The van der Waals surface area contributed by atoms with Crippen molar-refractivity contribution in [3.05, 3.63) is 72.6 Å². The molecule has 5 nitrogen and oxygen atoms in total. The highest BCUT2D eigenvalue weighted by Gasteiger charge is 2.23. The lowest BCUT2D eigenvalue weighted by Gasteiger charge is -2.35. The molecule has 1 aromatic heterocycles. The number of amides is 1. The Hall–Kier alpha value is -2.66. The standard InChI is InChI=1S/C21H26N4O/c1-2-10-23-20-6-4-3-5-19(20)21(26)25-16-14-24(15-17-25)13-9-18-7-11-22-12-8-18/h2-8,11-12,23H,1,9-10,13-17H2. The molecule has 1 aliphatic rings. The fraction of sp³-hybridized carbons (Fsp3) is 0.333. The first-order chi connectivity index (χ1) is 12.8. The van der Waals surface area contributed by atoms with Crippen LogP contribution in [0.2, 0.25) is 0 Å². The SMILES string of the molecule is C=CCNc1ccccc1C(=O)N1CCN(CCc2ccncc2)CC1. The highest BCUT2D eigenvalue weighted by molar-refractivity contribution is 5.99. The molecule has 1 aliphatic heterocycles. The number of piperazine rings is 1. The van der Waals surface area contributed by atoms with E-state index in [2.05, 4.69) is 33.9 Å². The lowest BCUT2D eigenvalue weighted by Crippen LogP contribution is -2.49. The molecule has 0 bridgehead atoms. The lowest BCUT2D eigenvalue weighted by atomic mass is 10.1. The summed E-state index contributed by atoms with van der Waals surface area (Å²) in [5, 5.41) is 3.25. The van der Waals surface area contributed by atoms with Crippen LogP contribution in [0, 0.1) is 0 Å². The van der Waals surface area contributed by atoms with Gasteiger partial charge >= 0.3 is 0 Å². The average Bonchev–Trinajstić information content (AvgIpc) is 2.71. The third-order valence-electron chi connectivity index (χ3n) is 4.72. The molecule has 0 saturated carbocycles. The van der Waals surface area contributed by atoms with Crippen molar-refractivity contribution in [2.45, 2.75) is 6.42 Å². The first-order valence-electron chi connectivity index (χ1n) is 9.12. The van der Waals surface area contributed by atoms with Gasteiger partial charge in [-0.1, -0.05) is 18.2 Å². The van der Waals surface area contributed by atoms with Crippen LogP contribution in [0.25, 0.3) is 0 Å². The molecule has 0 atom stereocenters. The van der Waals surface area contributed by atoms with Gasteiger partial charge in [0.1, 0.15) is 0 Å². The molecule has 1 N–H and O–H groups in total. The van der Waals surface area contributed by atoms with Crippen molar-refractivity contribution in [1.29, 1.82) is 0 Å². The summed E-state index contributed by atoms with van der Waals surface area (Å²) in [6.07, 6.45) is 6.49. The zero-order valence-electron chi connectivity index (χ0n) is 15.1. The zero-order valence-corrected chi connectivity index (χ0v) is 15.1. The van der Waals surface area contributed by atoms with Crippen molar-refractivity contribution in [2.24, 2.45) is 0 Å². The van der Waals surface area contributed by atoms with E-state index in [0.717, 1.165) is 50.4 Å². The van der Waals surface area contributed by atoms with Gasteiger partial charge in [0.15, 0.2) is 0 Å². The second kappa shape index (κ2) is 9.15. The predicted molar refractivity (Wildman–Crippen MR) is 105 cm³/mol. The van der Waals surface area contributed by atoms with Gasteiger partial charge in [0.25, 0.3) is 5.91 Å². The fourth-order valence-corrected chi connectivity index (χ4v) is 3.19. The van der Waals surface area contributed by atoms with E-state index in [1.165, 1.54) is 5.56 Å². The number of rotatable bonds is 7. The third kappa shape index (κ3) is 4.70. The fourth-order valence-electron chi connectivity index (χ4n) is 3.19. The Morgan fingerprint density at radius 3 is 2.58 bits per heavy atom. The number of anilines is 1. The second-order valence-electron chi connectivity index (χ2n) is 6.45. The van der Waals surface area contributed by atoms with Crippen molar-refractivity contribution < 1.29 is 4.79 Å². The molecule has 0 aliphatic carbocycles. The predicted octanol–water partition coefficient (Wildman–Crippen LogP) is 2.68. The molecule has 136 valence electrons. The normalized spacial score (nSPS) is 14.8. The monoisotopic (exact) mass is 350 g/mol. The first-order valence-corrected chi connectivity index (χ1v) is 9.12. The van der Waals surface area contributed by atoms with Crippen molar-refractivity contribution >= 4 is 11.6 Å². The van der Waals surface area contributed by atoms with Gasteiger partial charge < -0.3 is 10.2 Å². The van der Waals surface area contributed by atoms with E-state index in [-0.39, 0.29) is 5.91 Å². The maximum absolute atomic E-state index is 12.9. The van der Waals surface area contributed by atoms with E-state index in [9.17, 15) is 4.79 Å². The molecule has 5 heteroatoms. The summed E-state index contributed by atoms with van der Waals surface area (Å²) in [5.41, 5.74) is 2.91. The molecule has 26 heavy (non-hydrogen) atoms. The van der Waals surface area contributed by atoms with Crippen molar-refractivity contribution in [2.75, 3.05) is 44.6 Å². The van der Waals surface area contributed by atoms with Crippen molar-refractivity contribution in [1.82, 2.24) is 14.8 Å². The van der Waals surface area contributed by atoms with Crippen LogP contribution in [-0.2, 0) is 6.42 Å². The molecule has 1 saturated heterocycles. The number of hydrogen-bond acceptors (Lipinski definition) is 4. The first kappa shape index (κ1) is 18.1. The number of benzene rings is 1. The lowest BCUT2D eigenvalue weighted by molar-refractivity contribution is 0.0639. The molecular weight excluding hydrogens is 324 g/mol. The number of aromatic nitrogens is 1. The number of nitrogens with zero attached hydrogens (tertiary/aromatic N) is 3. The Kier molecular flexibility index (Phi) is 6.39.